The average Bonchev–Trinajstić information content (AvgIpc) is 3.12. The van der Waals surface area contributed by atoms with Crippen molar-refractivity contribution in [3.05, 3.63) is 0 Å². The van der Waals surface area contributed by atoms with Gasteiger partial charge in [-0.05, 0) is 53.0 Å². The van der Waals surface area contributed by atoms with E-state index in [9.17, 15) is 4.79 Å². The van der Waals surface area contributed by atoms with Gasteiger partial charge in [-0.2, -0.15) is 0 Å². The van der Waals surface area contributed by atoms with Crippen LogP contribution in [0, 0.1) is 0 Å². The Balaban J connectivity index is 1.95. The molecule has 1 saturated carbocycles. The number of rotatable bonds is 3. The van der Waals surface area contributed by atoms with Gasteiger partial charge in [-0.15, -0.1) is 0 Å². The summed E-state index contributed by atoms with van der Waals surface area (Å²) in [7, 11) is 0. The van der Waals surface area contributed by atoms with E-state index in [1.807, 2.05) is 25.7 Å². The van der Waals surface area contributed by atoms with Crippen molar-refractivity contribution in [1.29, 1.82) is 0 Å². The highest BCUT2D eigenvalue weighted by Gasteiger charge is 2.40. The fraction of sp³-hybridized carbons (Fsp3) is 0.933. The first kappa shape index (κ1) is 14.6. The molecule has 2 rings (SSSR count). The van der Waals surface area contributed by atoms with Crippen LogP contribution in [0.5, 0.6) is 0 Å². The van der Waals surface area contributed by atoms with Crippen LogP contribution in [0.3, 0.4) is 0 Å². The Morgan fingerprint density at radius 3 is 2.11 bits per heavy atom. The molecular weight excluding hydrogens is 240 g/mol. The molecule has 2 aliphatic rings. The second-order valence-electron chi connectivity index (χ2n) is 6.78. The van der Waals surface area contributed by atoms with Gasteiger partial charge in [0.15, 0.2) is 0 Å². The molecule has 19 heavy (non-hydrogen) atoms. The fourth-order valence-corrected chi connectivity index (χ4v) is 2.78. The lowest BCUT2D eigenvalue weighted by molar-refractivity contribution is 0.00609. The molecular formula is C15H28N2O2. The van der Waals surface area contributed by atoms with Crippen LogP contribution >= 0.6 is 0 Å². The van der Waals surface area contributed by atoms with E-state index in [-0.39, 0.29) is 6.09 Å². The van der Waals surface area contributed by atoms with E-state index < -0.39 is 5.60 Å². The number of amides is 1. The zero-order chi connectivity index (χ0) is 14.0. The van der Waals surface area contributed by atoms with Crippen LogP contribution in [0.1, 0.15) is 53.4 Å². The maximum atomic E-state index is 12.4. The molecule has 0 bridgehead atoms. The highest BCUT2D eigenvalue weighted by atomic mass is 16.6. The summed E-state index contributed by atoms with van der Waals surface area (Å²) >= 11 is 0. The zero-order valence-corrected chi connectivity index (χ0v) is 12.8. The molecule has 4 nitrogen and oxygen atoms in total. The van der Waals surface area contributed by atoms with Gasteiger partial charge in [-0.3, -0.25) is 0 Å². The lowest BCUT2D eigenvalue weighted by Crippen LogP contribution is -2.49. The first-order chi connectivity index (χ1) is 8.90. The number of hydrogen-bond acceptors (Lipinski definition) is 3. The zero-order valence-electron chi connectivity index (χ0n) is 12.8. The van der Waals surface area contributed by atoms with Crippen LogP contribution in [-0.2, 0) is 4.74 Å². The molecule has 1 aliphatic heterocycles. The molecule has 1 heterocycles. The first-order valence-electron chi connectivity index (χ1n) is 7.64. The van der Waals surface area contributed by atoms with Crippen molar-refractivity contribution in [2.75, 3.05) is 19.6 Å². The second kappa shape index (κ2) is 5.70. The minimum absolute atomic E-state index is 0.107. The monoisotopic (exact) mass is 268 g/mol. The molecule has 1 amide bonds. The standard InChI is InChI=1S/C15H28N2O2/c1-5-16-10-8-13(9-11-16)17(12-6-7-12)14(18)19-15(2,3)4/h12-13H,5-11H2,1-4H3. The number of hydrogen-bond donors (Lipinski definition) is 0. The van der Waals surface area contributed by atoms with Crippen LogP contribution in [0.2, 0.25) is 0 Å². The first-order valence-corrected chi connectivity index (χ1v) is 7.64. The van der Waals surface area contributed by atoms with Crippen LogP contribution in [0.4, 0.5) is 4.79 Å². The summed E-state index contributed by atoms with van der Waals surface area (Å²) < 4.78 is 5.58. The van der Waals surface area contributed by atoms with Crippen molar-refractivity contribution >= 4 is 6.09 Å². The Bertz CT molecular complexity index is 313. The van der Waals surface area contributed by atoms with E-state index >= 15 is 0 Å². The Hall–Kier alpha value is -0.770. The third-order valence-electron chi connectivity index (χ3n) is 3.94. The Kier molecular flexibility index (Phi) is 4.39. The molecule has 2 fully saturated rings. The Morgan fingerprint density at radius 2 is 1.68 bits per heavy atom. The number of piperidine rings is 1. The van der Waals surface area contributed by atoms with E-state index in [1.165, 1.54) is 0 Å². The smallest absolute Gasteiger partial charge is 0.410 e. The third-order valence-corrected chi connectivity index (χ3v) is 3.94. The Morgan fingerprint density at radius 1 is 1.16 bits per heavy atom. The maximum Gasteiger partial charge on any atom is 0.410 e. The van der Waals surface area contributed by atoms with Gasteiger partial charge in [0.05, 0.1) is 0 Å². The van der Waals surface area contributed by atoms with Gasteiger partial charge in [-0.1, -0.05) is 6.92 Å². The quantitative estimate of drug-likeness (QED) is 0.789. The normalized spacial score (nSPS) is 22.3. The number of nitrogens with zero attached hydrogens (tertiary/aromatic N) is 2. The molecule has 110 valence electrons. The van der Waals surface area contributed by atoms with Gasteiger partial charge in [0.25, 0.3) is 0 Å². The van der Waals surface area contributed by atoms with Gasteiger partial charge in [0.1, 0.15) is 5.60 Å². The van der Waals surface area contributed by atoms with Gasteiger partial charge in [0.2, 0.25) is 0 Å². The molecule has 0 N–H and O–H groups in total. The number of carbonyl (C=O) groups is 1. The van der Waals surface area contributed by atoms with Crippen LogP contribution in [0.15, 0.2) is 0 Å². The van der Waals surface area contributed by atoms with E-state index in [4.69, 9.17) is 4.74 Å². The van der Waals surface area contributed by atoms with Crippen LogP contribution in [0.25, 0.3) is 0 Å². The van der Waals surface area contributed by atoms with Crippen molar-refractivity contribution in [2.45, 2.75) is 71.1 Å². The van der Waals surface area contributed by atoms with Crippen molar-refractivity contribution in [2.24, 2.45) is 0 Å². The molecule has 0 radical (unpaired) electrons. The molecule has 0 spiro atoms. The third kappa shape index (κ3) is 4.10. The van der Waals surface area contributed by atoms with E-state index in [0.717, 1.165) is 45.3 Å². The van der Waals surface area contributed by atoms with Gasteiger partial charge in [-0.25, -0.2) is 4.79 Å². The summed E-state index contributed by atoms with van der Waals surface area (Å²) in [5.74, 6) is 0. The SMILES string of the molecule is CCN1CCC(N(C(=O)OC(C)(C)C)C2CC2)CC1. The predicted molar refractivity (Wildman–Crippen MR) is 76.2 cm³/mol. The maximum absolute atomic E-state index is 12.4. The molecule has 4 heteroatoms. The topological polar surface area (TPSA) is 32.8 Å². The number of likely N-dealkylation sites (tertiary alicyclic amines) is 1. The van der Waals surface area contributed by atoms with Gasteiger partial charge < -0.3 is 14.5 Å². The van der Waals surface area contributed by atoms with E-state index in [1.54, 1.807) is 0 Å². The summed E-state index contributed by atoms with van der Waals surface area (Å²) in [5.41, 5.74) is -0.394. The van der Waals surface area contributed by atoms with E-state index in [0.29, 0.717) is 12.1 Å². The largest absolute Gasteiger partial charge is 0.444 e. The lowest BCUT2D eigenvalue weighted by atomic mass is 10.0. The molecule has 1 saturated heterocycles. The van der Waals surface area contributed by atoms with Crippen LogP contribution < -0.4 is 0 Å². The highest BCUT2D eigenvalue weighted by molar-refractivity contribution is 5.69. The molecule has 0 unspecified atom stereocenters. The van der Waals surface area contributed by atoms with Gasteiger partial charge in [0, 0.05) is 25.2 Å². The summed E-state index contributed by atoms with van der Waals surface area (Å²) in [4.78, 5) is 16.9. The number of carbonyl (C=O) groups excluding carboxylic acids is 1. The summed E-state index contributed by atoms with van der Waals surface area (Å²) in [6.45, 7) is 11.3. The highest BCUT2D eigenvalue weighted by Crippen LogP contribution is 2.33. The average molecular weight is 268 g/mol. The molecule has 1 aliphatic carbocycles. The van der Waals surface area contributed by atoms with Crippen LogP contribution in [-0.4, -0.2) is 53.2 Å². The fourth-order valence-electron chi connectivity index (χ4n) is 2.78. The number of ether oxygens (including phenoxy) is 1. The van der Waals surface area contributed by atoms with Crippen molar-refractivity contribution in [1.82, 2.24) is 9.80 Å². The molecule has 0 aromatic heterocycles. The van der Waals surface area contributed by atoms with Gasteiger partial charge >= 0.3 is 6.09 Å². The summed E-state index contributed by atoms with van der Waals surface area (Å²) in [6, 6.07) is 0.818. The summed E-state index contributed by atoms with van der Waals surface area (Å²) in [6.07, 6.45) is 4.36. The lowest BCUT2D eigenvalue weighted by Gasteiger charge is -2.39. The van der Waals surface area contributed by atoms with Crippen molar-refractivity contribution in [3.63, 3.8) is 0 Å². The predicted octanol–water partition coefficient (Wildman–Crippen LogP) is 2.87. The van der Waals surface area contributed by atoms with Crippen molar-refractivity contribution in [3.8, 4) is 0 Å². The Labute approximate surface area is 117 Å². The van der Waals surface area contributed by atoms with E-state index in [2.05, 4.69) is 11.8 Å². The second-order valence-corrected chi connectivity index (χ2v) is 6.78. The molecule has 0 aromatic rings. The van der Waals surface area contributed by atoms with Crippen molar-refractivity contribution < 1.29 is 9.53 Å². The summed E-state index contributed by atoms with van der Waals surface area (Å²) in [5, 5.41) is 0. The minimum atomic E-state index is -0.394. The molecule has 0 aromatic carbocycles. The molecule has 0 atom stereocenters. The minimum Gasteiger partial charge on any atom is -0.444 e.